The first-order chi connectivity index (χ1) is 6.84. The summed E-state index contributed by atoms with van der Waals surface area (Å²) in [6, 6.07) is 2.79. The van der Waals surface area contributed by atoms with Crippen LogP contribution in [0.25, 0.3) is 0 Å². The maximum absolute atomic E-state index is 5.87. The number of fused-ring (bicyclic) bond motifs is 1. The fraction of sp³-hybridized carbons (Fsp3) is 0.545. The lowest BCUT2D eigenvalue weighted by atomic mass is 9.91. The predicted octanol–water partition coefficient (Wildman–Crippen LogP) is 2.65. The summed E-state index contributed by atoms with van der Waals surface area (Å²) in [4.78, 5) is 6.67. The minimum atomic E-state index is 0.624. The van der Waals surface area contributed by atoms with E-state index >= 15 is 0 Å². The number of halogens is 1. The molecule has 0 N–H and O–H groups in total. The standard InChI is InChI=1S/C11H13ClN2/c12-11-6-8-4-5-14(9-2-1-3-9)10(8)7-13-11/h6-7,9H,1-5H2. The zero-order chi connectivity index (χ0) is 9.54. The van der Waals surface area contributed by atoms with Gasteiger partial charge in [-0.1, -0.05) is 11.6 Å². The Morgan fingerprint density at radius 3 is 3.00 bits per heavy atom. The molecule has 2 nitrogen and oxygen atoms in total. The fourth-order valence-corrected chi connectivity index (χ4v) is 2.54. The van der Waals surface area contributed by atoms with E-state index in [1.807, 2.05) is 12.3 Å². The van der Waals surface area contributed by atoms with E-state index in [0.717, 1.165) is 19.0 Å². The summed E-state index contributed by atoms with van der Waals surface area (Å²) in [6.45, 7) is 1.15. The van der Waals surface area contributed by atoms with Crippen LogP contribution in [0.5, 0.6) is 0 Å². The number of nitrogens with zero attached hydrogens (tertiary/aromatic N) is 2. The van der Waals surface area contributed by atoms with Gasteiger partial charge in [0, 0.05) is 12.6 Å². The lowest BCUT2D eigenvalue weighted by Gasteiger charge is -2.36. The van der Waals surface area contributed by atoms with E-state index in [1.54, 1.807) is 0 Å². The minimum absolute atomic E-state index is 0.624. The molecule has 2 aliphatic rings. The summed E-state index contributed by atoms with van der Waals surface area (Å²) in [5.41, 5.74) is 2.69. The molecule has 1 aliphatic carbocycles. The second-order valence-corrected chi connectivity index (χ2v) is 4.55. The van der Waals surface area contributed by atoms with Gasteiger partial charge < -0.3 is 4.90 Å². The van der Waals surface area contributed by atoms with E-state index in [0.29, 0.717) is 5.15 Å². The zero-order valence-corrected chi connectivity index (χ0v) is 8.80. The number of hydrogen-bond donors (Lipinski definition) is 0. The van der Waals surface area contributed by atoms with Crippen molar-refractivity contribution in [2.24, 2.45) is 0 Å². The lowest BCUT2D eigenvalue weighted by Crippen LogP contribution is -2.38. The van der Waals surface area contributed by atoms with Gasteiger partial charge >= 0.3 is 0 Å². The Balaban J connectivity index is 1.93. The summed E-state index contributed by atoms with van der Waals surface area (Å²) >= 11 is 5.87. The largest absolute Gasteiger partial charge is 0.367 e. The van der Waals surface area contributed by atoms with E-state index in [2.05, 4.69) is 9.88 Å². The van der Waals surface area contributed by atoms with Crippen molar-refractivity contribution in [2.45, 2.75) is 31.7 Å². The van der Waals surface area contributed by atoms with Gasteiger partial charge in [0.2, 0.25) is 0 Å². The van der Waals surface area contributed by atoms with Crippen LogP contribution in [0.4, 0.5) is 5.69 Å². The molecule has 2 heterocycles. The fourth-order valence-electron chi connectivity index (χ4n) is 2.36. The number of hydrogen-bond acceptors (Lipinski definition) is 2. The molecule has 0 atom stereocenters. The second-order valence-electron chi connectivity index (χ2n) is 4.16. The van der Waals surface area contributed by atoms with Crippen molar-refractivity contribution in [2.75, 3.05) is 11.4 Å². The molecular formula is C11H13ClN2. The summed E-state index contributed by atoms with van der Waals surface area (Å²) in [6.07, 6.45) is 7.15. The van der Waals surface area contributed by atoms with Crippen LogP contribution in [0.1, 0.15) is 24.8 Å². The lowest BCUT2D eigenvalue weighted by molar-refractivity contribution is 0.392. The van der Waals surface area contributed by atoms with Crippen LogP contribution < -0.4 is 4.90 Å². The molecule has 0 radical (unpaired) electrons. The van der Waals surface area contributed by atoms with Crippen LogP contribution in [0.2, 0.25) is 5.15 Å². The van der Waals surface area contributed by atoms with Gasteiger partial charge in [-0.25, -0.2) is 4.98 Å². The molecule has 1 aromatic heterocycles. The van der Waals surface area contributed by atoms with Crippen LogP contribution in [0, 0.1) is 0 Å². The molecule has 0 aromatic carbocycles. The van der Waals surface area contributed by atoms with Crippen molar-refractivity contribution in [3.63, 3.8) is 0 Å². The van der Waals surface area contributed by atoms with Gasteiger partial charge in [0.25, 0.3) is 0 Å². The van der Waals surface area contributed by atoms with Gasteiger partial charge in [-0.05, 0) is 37.3 Å². The summed E-state index contributed by atoms with van der Waals surface area (Å²) in [5.74, 6) is 0. The molecule has 1 fully saturated rings. The number of aromatic nitrogens is 1. The molecule has 0 saturated heterocycles. The van der Waals surface area contributed by atoms with E-state index in [-0.39, 0.29) is 0 Å². The topological polar surface area (TPSA) is 16.1 Å². The van der Waals surface area contributed by atoms with Crippen LogP contribution in [0.15, 0.2) is 12.3 Å². The van der Waals surface area contributed by atoms with Gasteiger partial charge in [0.1, 0.15) is 5.15 Å². The Kier molecular flexibility index (Phi) is 1.91. The van der Waals surface area contributed by atoms with Crippen molar-refractivity contribution in [1.82, 2.24) is 4.98 Å². The van der Waals surface area contributed by atoms with Crippen LogP contribution in [-0.2, 0) is 6.42 Å². The molecule has 1 aliphatic heterocycles. The minimum Gasteiger partial charge on any atom is -0.367 e. The van der Waals surface area contributed by atoms with Crippen molar-refractivity contribution >= 4 is 17.3 Å². The molecule has 0 bridgehead atoms. The average Bonchev–Trinajstić information content (AvgIpc) is 2.45. The van der Waals surface area contributed by atoms with Gasteiger partial charge in [-0.15, -0.1) is 0 Å². The molecule has 0 spiro atoms. The Bertz CT molecular complexity index is 360. The molecule has 3 rings (SSSR count). The Morgan fingerprint density at radius 2 is 2.29 bits per heavy atom. The highest BCUT2D eigenvalue weighted by molar-refractivity contribution is 6.29. The first-order valence-corrected chi connectivity index (χ1v) is 5.63. The van der Waals surface area contributed by atoms with E-state index in [9.17, 15) is 0 Å². The van der Waals surface area contributed by atoms with E-state index in [1.165, 1.54) is 30.5 Å². The molecular weight excluding hydrogens is 196 g/mol. The van der Waals surface area contributed by atoms with E-state index in [4.69, 9.17) is 11.6 Å². The van der Waals surface area contributed by atoms with Crippen molar-refractivity contribution in [3.8, 4) is 0 Å². The van der Waals surface area contributed by atoms with Crippen LogP contribution in [-0.4, -0.2) is 17.6 Å². The zero-order valence-electron chi connectivity index (χ0n) is 8.04. The molecule has 74 valence electrons. The summed E-state index contributed by atoms with van der Waals surface area (Å²) < 4.78 is 0. The molecule has 1 aromatic rings. The molecule has 3 heteroatoms. The third-order valence-electron chi connectivity index (χ3n) is 3.38. The van der Waals surface area contributed by atoms with Crippen LogP contribution in [0.3, 0.4) is 0 Å². The first-order valence-electron chi connectivity index (χ1n) is 5.25. The highest BCUT2D eigenvalue weighted by Crippen LogP contribution is 2.36. The van der Waals surface area contributed by atoms with Gasteiger partial charge in [0.05, 0.1) is 11.9 Å². The molecule has 0 amide bonds. The smallest absolute Gasteiger partial charge is 0.129 e. The van der Waals surface area contributed by atoms with Gasteiger partial charge in [-0.2, -0.15) is 0 Å². The number of rotatable bonds is 1. The molecule has 1 saturated carbocycles. The summed E-state index contributed by atoms with van der Waals surface area (Å²) in [7, 11) is 0. The van der Waals surface area contributed by atoms with Gasteiger partial charge in [-0.3, -0.25) is 0 Å². The Hall–Kier alpha value is -0.760. The second kappa shape index (κ2) is 3.13. The highest BCUT2D eigenvalue weighted by atomic mass is 35.5. The van der Waals surface area contributed by atoms with Crippen molar-refractivity contribution in [3.05, 3.63) is 23.0 Å². The number of anilines is 1. The van der Waals surface area contributed by atoms with Gasteiger partial charge in [0.15, 0.2) is 0 Å². The SMILES string of the molecule is Clc1cc2c(cn1)N(C1CCC1)CC2. The maximum Gasteiger partial charge on any atom is 0.129 e. The predicted molar refractivity (Wildman–Crippen MR) is 57.9 cm³/mol. The quantitative estimate of drug-likeness (QED) is 0.660. The summed E-state index contributed by atoms with van der Waals surface area (Å²) in [5, 5.41) is 0.624. The Morgan fingerprint density at radius 1 is 1.43 bits per heavy atom. The maximum atomic E-state index is 5.87. The molecule has 0 unspecified atom stereocenters. The van der Waals surface area contributed by atoms with Crippen LogP contribution >= 0.6 is 11.6 Å². The third kappa shape index (κ3) is 1.21. The number of pyridine rings is 1. The van der Waals surface area contributed by atoms with Crippen molar-refractivity contribution in [1.29, 1.82) is 0 Å². The first kappa shape index (κ1) is 8.54. The molecule has 14 heavy (non-hydrogen) atoms. The average molecular weight is 209 g/mol. The van der Waals surface area contributed by atoms with Crippen molar-refractivity contribution < 1.29 is 0 Å². The highest BCUT2D eigenvalue weighted by Gasteiger charge is 2.30. The van der Waals surface area contributed by atoms with E-state index < -0.39 is 0 Å². The Labute approximate surface area is 88.9 Å². The third-order valence-corrected chi connectivity index (χ3v) is 3.59. The normalized spacial score (nSPS) is 20.8. The monoisotopic (exact) mass is 208 g/mol.